The first-order valence-corrected chi connectivity index (χ1v) is 12.2. The molecule has 3 atom stereocenters. The van der Waals surface area contributed by atoms with Crippen LogP contribution in [0.4, 0.5) is 17.3 Å². The predicted molar refractivity (Wildman–Crippen MR) is 138 cm³/mol. The number of nitrogens with two attached hydrogens (primary N) is 1. The van der Waals surface area contributed by atoms with Crippen LogP contribution in [0.3, 0.4) is 0 Å². The fourth-order valence-electron chi connectivity index (χ4n) is 5.38. The Kier molecular flexibility index (Phi) is 5.24. The fraction of sp³-hybridized carbons (Fsp3) is 0.346. The van der Waals surface area contributed by atoms with Gasteiger partial charge in [-0.25, -0.2) is 15.0 Å². The molecule has 36 heavy (non-hydrogen) atoms. The predicted octanol–water partition coefficient (Wildman–Crippen LogP) is 3.50. The van der Waals surface area contributed by atoms with Crippen molar-refractivity contribution in [1.29, 1.82) is 0 Å². The molecular formula is C26H28N8O2. The summed E-state index contributed by atoms with van der Waals surface area (Å²) in [7, 11) is 1.89. The van der Waals surface area contributed by atoms with E-state index in [4.69, 9.17) is 10.5 Å². The number of amides is 1. The van der Waals surface area contributed by atoms with Crippen LogP contribution >= 0.6 is 0 Å². The Morgan fingerprint density at radius 2 is 2.14 bits per heavy atom. The van der Waals surface area contributed by atoms with Gasteiger partial charge in [-0.05, 0) is 41.5 Å². The number of fused-ring (bicyclic) bond motifs is 2. The molecule has 4 aromatic heterocycles. The number of nitrogens with zero attached hydrogens (tertiary/aromatic N) is 5. The molecule has 4 aromatic rings. The summed E-state index contributed by atoms with van der Waals surface area (Å²) in [6.45, 7) is 5.44. The summed E-state index contributed by atoms with van der Waals surface area (Å²) in [6.07, 6.45) is 8.20. The molecule has 6 rings (SSSR count). The maximum atomic E-state index is 13.2. The zero-order valence-electron chi connectivity index (χ0n) is 20.4. The third-order valence-corrected chi connectivity index (χ3v) is 7.27. The maximum Gasteiger partial charge on any atom is 0.237 e. The smallest absolute Gasteiger partial charge is 0.237 e. The summed E-state index contributed by atoms with van der Waals surface area (Å²) in [5.41, 5.74) is 10.8. The molecule has 10 heteroatoms. The first kappa shape index (κ1) is 22.3. The minimum absolute atomic E-state index is 0.0226. The Bertz CT molecular complexity index is 1500. The number of aromatic nitrogens is 5. The van der Waals surface area contributed by atoms with Gasteiger partial charge in [0.15, 0.2) is 0 Å². The van der Waals surface area contributed by atoms with Gasteiger partial charge in [0.25, 0.3) is 0 Å². The summed E-state index contributed by atoms with van der Waals surface area (Å²) in [5, 5.41) is 12.2. The Hall–Kier alpha value is -4.21. The van der Waals surface area contributed by atoms with Gasteiger partial charge >= 0.3 is 0 Å². The van der Waals surface area contributed by atoms with Crippen molar-refractivity contribution in [3.63, 3.8) is 0 Å². The molecule has 3 unspecified atom stereocenters. The Morgan fingerprint density at radius 1 is 1.28 bits per heavy atom. The lowest BCUT2D eigenvalue weighted by Crippen LogP contribution is -2.20. The number of anilines is 3. The van der Waals surface area contributed by atoms with E-state index >= 15 is 0 Å². The summed E-state index contributed by atoms with van der Waals surface area (Å²) >= 11 is 0. The first-order chi connectivity index (χ1) is 17.4. The van der Waals surface area contributed by atoms with Gasteiger partial charge in [-0.2, -0.15) is 5.10 Å². The van der Waals surface area contributed by atoms with E-state index in [9.17, 15) is 4.79 Å². The molecular weight excluding hydrogens is 456 g/mol. The Labute approximate surface area is 208 Å². The molecule has 0 bridgehead atoms. The number of pyridine rings is 3. The molecule has 4 N–H and O–H groups in total. The minimum Gasteiger partial charge on any atom is -0.474 e. The fourth-order valence-corrected chi connectivity index (χ4v) is 5.38. The SMILES string of the molecule is CCC1C(C(=O)Nc2cc3cc(-c4cnc5c(c4C)NCCO5)nc(N)c3cn2)C1c1cnn(C)c1. The number of rotatable bonds is 5. The molecule has 0 saturated heterocycles. The van der Waals surface area contributed by atoms with Gasteiger partial charge in [0, 0.05) is 55.0 Å². The minimum atomic E-state index is -0.0892. The molecule has 5 heterocycles. The number of hydrogen-bond acceptors (Lipinski definition) is 8. The van der Waals surface area contributed by atoms with E-state index in [1.54, 1.807) is 17.1 Å². The van der Waals surface area contributed by atoms with Crippen LogP contribution in [0.5, 0.6) is 5.88 Å². The molecule has 1 saturated carbocycles. The third-order valence-electron chi connectivity index (χ3n) is 7.27. The quantitative estimate of drug-likeness (QED) is 0.392. The van der Waals surface area contributed by atoms with Crippen molar-refractivity contribution in [3.8, 4) is 17.1 Å². The second-order valence-electron chi connectivity index (χ2n) is 9.50. The molecule has 1 amide bonds. The van der Waals surface area contributed by atoms with E-state index in [1.807, 2.05) is 38.5 Å². The zero-order chi connectivity index (χ0) is 25.0. The van der Waals surface area contributed by atoms with Crippen LogP contribution in [0.2, 0.25) is 0 Å². The molecule has 1 aliphatic heterocycles. The van der Waals surface area contributed by atoms with Gasteiger partial charge in [0.1, 0.15) is 23.9 Å². The van der Waals surface area contributed by atoms with Crippen molar-refractivity contribution in [2.45, 2.75) is 26.2 Å². The van der Waals surface area contributed by atoms with Crippen LogP contribution in [-0.2, 0) is 11.8 Å². The first-order valence-electron chi connectivity index (χ1n) is 12.2. The van der Waals surface area contributed by atoms with Crippen LogP contribution in [0, 0.1) is 18.8 Å². The van der Waals surface area contributed by atoms with Gasteiger partial charge < -0.3 is 21.1 Å². The van der Waals surface area contributed by atoms with Gasteiger partial charge in [-0.3, -0.25) is 9.48 Å². The van der Waals surface area contributed by atoms with Crippen molar-refractivity contribution in [1.82, 2.24) is 24.7 Å². The zero-order valence-corrected chi connectivity index (χ0v) is 20.4. The molecule has 1 fully saturated rings. The lowest BCUT2D eigenvalue weighted by molar-refractivity contribution is -0.117. The average Bonchev–Trinajstić information content (AvgIpc) is 3.47. The van der Waals surface area contributed by atoms with Crippen molar-refractivity contribution >= 4 is 34.0 Å². The highest BCUT2D eigenvalue weighted by Gasteiger charge is 2.54. The molecule has 0 aromatic carbocycles. The highest BCUT2D eigenvalue weighted by molar-refractivity contribution is 5.99. The van der Waals surface area contributed by atoms with Crippen molar-refractivity contribution < 1.29 is 9.53 Å². The van der Waals surface area contributed by atoms with E-state index in [-0.39, 0.29) is 17.7 Å². The summed E-state index contributed by atoms with van der Waals surface area (Å²) in [5.74, 6) is 1.84. The lowest BCUT2D eigenvalue weighted by atomic mass is 10.0. The van der Waals surface area contributed by atoms with Gasteiger partial charge in [0.05, 0.1) is 11.9 Å². The standard InChI is InChI=1S/C26H28N8O2/c1-4-16-21(15-9-31-34(3)12-15)22(16)25(35)33-20-8-14-7-19(32-24(27)18(14)11-29-20)17-10-30-26-23(13(17)2)28-5-6-36-26/h7-12,16,21-22,28H,4-6H2,1-3H3,(H2,27,32)(H,29,33,35). The van der Waals surface area contributed by atoms with Crippen molar-refractivity contribution in [2.24, 2.45) is 18.9 Å². The summed E-state index contributed by atoms with van der Waals surface area (Å²) in [4.78, 5) is 26.7. The van der Waals surface area contributed by atoms with Crippen LogP contribution in [0.25, 0.3) is 22.0 Å². The van der Waals surface area contributed by atoms with Crippen LogP contribution in [0.1, 0.15) is 30.4 Å². The number of ether oxygens (including phenoxy) is 1. The third kappa shape index (κ3) is 3.69. The second kappa shape index (κ2) is 8.47. The van der Waals surface area contributed by atoms with Crippen molar-refractivity contribution in [3.05, 3.63) is 48.0 Å². The highest BCUT2D eigenvalue weighted by atomic mass is 16.5. The maximum absolute atomic E-state index is 13.2. The molecule has 184 valence electrons. The highest BCUT2D eigenvalue weighted by Crippen LogP contribution is 2.56. The number of hydrogen-bond donors (Lipinski definition) is 3. The molecule has 2 aliphatic rings. The van der Waals surface area contributed by atoms with E-state index in [1.165, 1.54) is 0 Å². The Balaban J connectivity index is 1.29. The molecule has 10 nitrogen and oxygen atoms in total. The van der Waals surface area contributed by atoms with Gasteiger partial charge in [-0.1, -0.05) is 13.3 Å². The number of carbonyl (C=O) groups is 1. The lowest BCUT2D eigenvalue weighted by Gasteiger charge is -2.21. The van der Waals surface area contributed by atoms with Gasteiger partial charge in [0.2, 0.25) is 11.8 Å². The van der Waals surface area contributed by atoms with Crippen LogP contribution < -0.4 is 21.1 Å². The van der Waals surface area contributed by atoms with E-state index in [0.717, 1.165) is 46.1 Å². The normalized spacial score (nSPS) is 20.4. The average molecular weight is 485 g/mol. The summed E-state index contributed by atoms with van der Waals surface area (Å²) in [6, 6.07) is 3.80. The number of aryl methyl sites for hydroxylation is 1. The number of nitrogen functional groups attached to an aromatic ring is 1. The van der Waals surface area contributed by atoms with Crippen molar-refractivity contribution in [2.75, 3.05) is 29.5 Å². The number of nitrogens with one attached hydrogen (secondary N) is 2. The van der Waals surface area contributed by atoms with Crippen LogP contribution in [-0.4, -0.2) is 43.8 Å². The topological polar surface area (TPSA) is 133 Å². The monoisotopic (exact) mass is 484 g/mol. The Morgan fingerprint density at radius 3 is 2.92 bits per heavy atom. The van der Waals surface area contributed by atoms with E-state index in [2.05, 4.69) is 37.6 Å². The summed E-state index contributed by atoms with van der Waals surface area (Å²) < 4.78 is 7.42. The van der Waals surface area contributed by atoms with E-state index in [0.29, 0.717) is 35.7 Å². The van der Waals surface area contributed by atoms with Crippen LogP contribution in [0.15, 0.2) is 36.9 Å². The molecule has 0 radical (unpaired) electrons. The molecule has 1 aliphatic carbocycles. The molecule has 0 spiro atoms. The number of carbonyl (C=O) groups excluding carboxylic acids is 1. The second-order valence-corrected chi connectivity index (χ2v) is 9.50. The largest absolute Gasteiger partial charge is 0.474 e. The van der Waals surface area contributed by atoms with Gasteiger partial charge in [-0.15, -0.1) is 0 Å². The van der Waals surface area contributed by atoms with E-state index < -0.39 is 0 Å².